The summed E-state index contributed by atoms with van der Waals surface area (Å²) in [5.41, 5.74) is 2.48. The number of rotatable bonds is 9. The Balaban J connectivity index is 0. The van der Waals surface area contributed by atoms with E-state index in [4.69, 9.17) is 4.74 Å². The van der Waals surface area contributed by atoms with E-state index in [2.05, 4.69) is 19.9 Å². The maximum absolute atomic E-state index is 11.2. The molecular formula is C15H23NaO4. The maximum atomic E-state index is 11.2. The monoisotopic (exact) mass is 290 g/mol. The molecule has 0 aromatic rings. The van der Waals surface area contributed by atoms with E-state index in [9.17, 15) is 14.7 Å². The molecule has 0 atom stereocenters. The fourth-order valence-corrected chi connectivity index (χ4v) is 1.42. The van der Waals surface area contributed by atoms with Gasteiger partial charge in [-0.1, -0.05) is 17.2 Å². The number of ether oxygens (including phenoxy) is 1. The zero-order chi connectivity index (χ0) is 14.7. The van der Waals surface area contributed by atoms with Gasteiger partial charge in [0, 0.05) is 12.4 Å². The van der Waals surface area contributed by atoms with Crippen LogP contribution in [0.2, 0.25) is 0 Å². The summed E-state index contributed by atoms with van der Waals surface area (Å²) >= 11 is 0. The van der Waals surface area contributed by atoms with Crippen molar-refractivity contribution in [2.45, 2.75) is 52.9 Å². The molecule has 0 fully saturated rings. The average Bonchev–Trinajstić information content (AvgIpc) is 2.27. The first-order chi connectivity index (χ1) is 8.91. The van der Waals surface area contributed by atoms with Gasteiger partial charge in [-0.15, -0.1) is 0 Å². The molecule has 0 rings (SSSR count). The molecule has 0 bridgehead atoms. The third kappa shape index (κ3) is 15.5. The Kier molecular flexibility index (Phi) is 14.6. The molecule has 108 valence electrons. The molecule has 0 aliphatic carbocycles. The van der Waals surface area contributed by atoms with Gasteiger partial charge < -0.3 is 14.6 Å². The predicted molar refractivity (Wildman–Crippen MR) is 72.2 cm³/mol. The quantitative estimate of drug-likeness (QED) is 0.315. The predicted octanol–water partition coefficient (Wildman–Crippen LogP) is -0.853. The van der Waals surface area contributed by atoms with E-state index in [-0.39, 0.29) is 61.4 Å². The molecule has 0 saturated heterocycles. The van der Waals surface area contributed by atoms with Crippen LogP contribution in [0, 0.1) is 0 Å². The summed E-state index contributed by atoms with van der Waals surface area (Å²) in [6, 6.07) is 0. The number of esters is 1. The molecule has 0 aromatic carbocycles. The van der Waals surface area contributed by atoms with Crippen molar-refractivity contribution < 1.29 is 49.0 Å². The van der Waals surface area contributed by atoms with Gasteiger partial charge in [0.05, 0.1) is 0 Å². The summed E-state index contributed by atoms with van der Waals surface area (Å²) in [5, 5.41) is 10.2. The second kappa shape index (κ2) is 13.4. The normalized spacial score (nSPS) is 10.4. The van der Waals surface area contributed by atoms with Gasteiger partial charge in [-0.3, -0.25) is 4.79 Å². The summed E-state index contributed by atoms with van der Waals surface area (Å²) in [4.78, 5) is 21.4. The molecule has 0 unspecified atom stereocenters. The Labute approximate surface area is 143 Å². The van der Waals surface area contributed by atoms with E-state index in [1.165, 1.54) is 11.1 Å². The van der Waals surface area contributed by atoms with Crippen molar-refractivity contribution in [3.05, 3.63) is 23.3 Å². The van der Waals surface area contributed by atoms with E-state index in [0.717, 1.165) is 12.8 Å². The van der Waals surface area contributed by atoms with Gasteiger partial charge in [0.2, 0.25) is 0 Å². The van der Waals surface area contributed by atoms with Crippen molar-refractivity contribution in [3.8, 4) is 0 Å². The number of carboxylic acid groups (broad SMARTS) is 1. The van der Waals surface area contributed by atoms with Crippen LogP contribution < -0.4 is 34.7 Å². The smallest absolute Gasteiger partial charge is 0.550 e. The number of carboxylic acids is 1. The van der Waals surface area contributed by atoms with E-state index >= 15 is 0 Å². The van der Waals surface area contributed by atoms with Crippen molar-refractivity contribution in [3.63, 3.8) is 0 Å². The molecule has 0 N–H and O–H groups in total. The van der Waals surface area contributed by atoms with E-state index in [1.807, 2.05) is 13.0 Å². The Morgan fingerprint density at radius 1 is 1.05 bits per heavy atom. The number of allylic oxidation sites excluding steroid dienone is 3. The summed E-state index contributed by atoms with van der Waals surface area (Å²) in [6.07, 6.45) is 6.28. The third-order valence-corrected chi connectivity index (χ3v) is 2.53. The zero-order valence-electron chi connectivity index (χ0n) is 13.0. The molecule has 0 amide bonds. The van der Waals surface area contributed by atoms with Crippen LogP contribution in [0.25, 0.3) is 0 Å². The Morgan fingerprint density at radius 2 is 1.70 bits per heavy atom. The minimum atomic E-state index is -1.14. The SMILES string of the molecule is CC(C)=CCC/C(C)=C/COC(=O)CCCC(=O)[O-].[Na+]. The Morgan fingerprint density at radius 3 is 2.25 bits per heavy atom. The van der Waals surface area contributed by atoms with Crippen LogP contribution in [0.4, 0.5) is 0 Å². The number of hydrogen-bond acceptors (Lipinski definition) is 4. The topological polar surface area (TPSA) is 66.4 Å². The summed E-state index contributed by atoms with van der Waals surface area (Å²) in [7, 11) is 0. The molecule has 0 heterocycles. The first kappa shape index (κ1) is 21.7. The minimum Gasteiger partial charge on any atom is -0.550 e. The molecule has 0 radical (unpaired) electrons. The molecule has 20 heavy (non-hydrogen) atoms. The first-order valence-electron chi connectivity index (χ1n) is 6.56. The van der Waals surface area contributed by atoms with Gasteiger partial charge in [-0.25, -0.2) is 0 Å². The van der Waals surface area contributed by atoms with Crippen LogP contribution >= 0.6 is 0 Å². The van der Waals surface area contributed by atoms with Crippen LogP contribution in [0.5, 0.6) is 0 Å². The van der Waals surface area contributed by atoms with Gasteiger partial charge in [0.25, 0.3) is 0 Å². The third-order valence-electron chi connectivity index (χ3n) is 2.53. The van der Waals surface area contributed by atoms with E-state index in [0.29, 0.717) is 0 Å². The van der Waals surface area contributed by atoms with Gasteiger partial charge >= 0.3 is 35.5 Å². The van der Waals surface area contributed by atoms with Crippen LogP contribution in [-0.2, 0) is 14.3 Å². The van der Waals surface area contributed by atoms with E-state index in [1.54, 1.807) is 0 Å². The number of hydrogen-bond donors (Lipinski definition) is 0. The zero-order valence-corrected chi connectivity index (χ0v) is 15.0. The summed E-state index contributed by atoms with van der Waals surface area (Å²) in [6.45, 7) is 6.38. The Bertz CT molecular complexity index is 355. The van der Waals surface area contributed by atoms with Crippen molar-refractivity contribution in [2.24, 2.45) is 0 Å². The molecule has 0 spiro atoms. The fraction of sp³-hybridized carbons (Fsp3) is 0.600. The molecule has 0 saturated carbocycles. The maximum Gasteiger partial charge on any atom is 1.00 e. The molecule has 0 aromatic heterocycles. The number of carbonyl (C=O) groups excluding carboxylic acids is 2. The van der Waals surface area contributed by atoms with Gasteiger partial charge in [0.1, 0.15) is 6.61 Å². The largest absolute Gasteiger partial charge is 1.00 e. The second-order valence-electron chi connectivity index (χ2n) is 4.78. The van der Waals surface area contributed by atoms with Crippen molar-refractivity contribution in [1.29, 1.82) is 0 Å². The van der Waals surface area contributed by atoms with Crippen molar-refractivity contribution in [1.82, 2.24) is 0 Å². The average molecular weight is 290 g/mol. The second-order valence-corrected chi connectivity index (χ2v) is 4.78. The van der Waals surface area contributed by atoms with Crippen molar-refractivity contribution in [2.75, 3.05) is 6.61 Å². The summed E-state index contributed by atoms with van der Waals surface area (Å²) in [5.74, 6) is -1.50. The molecule has 0 aliphatic heterocycles. The van der Waals surface area contributed by atoms with Crippen LogP contribution in [0.1, 0.15) is 52.9 Å². The van der Waals surface area contributed by atoms with Crippen LogP contribution in [0.3, 0.4) is 0 Å². The standard InChI is InChI=1S/C15H24O4.Na/c1-12(2)6-4-7-13(3)10-11-19-15(18)9-5-8-14(16)17;/h6,10H,4-5,7-9,11H2,1-3H3,(H,16,17);/q;+1/p-1/b13-10+;. The van der Waals surface area contributed by atoms with Gasteiger partial charge in [-0.2, -0.15) is 0 Å². The minimum absolute atomic E-state index is 0. The molecule has 5 heteroatoms. The summed E-state index contributed by atoms with van der Waals surface area (Å²) < 4.78 is 4.98. The molecule has 4 nitrogen and oxygen atoms in total. The number of carbonyl (C=O) groups is 2. The molecule has 0 aliphatic rings. The van der Waals surface area contributed by atoms with Gasteiger partial charge in [-0.05, 0) is 52.5 Å². The fourth-order valence-electron chi connectivity index (χ4n) is 1.42. The number of aliphatic carboxylic acids is 1. The van der Waals surface area contributed by atoms with Gasteiger partial charge in [0.15, 0.2) is 0 Å². The van der Waals surface area contributed by atoms with Crippen LogP contribution in [-0.4, -0.2) is 18.5 Å². The Hall–Kier alpha value is -0.580. The van der Waals surface area contributed by atoms with E-state index < -0.39 is 5.97 Å². The van der Waals surface area contributed by atoms with Crippen LogP contribution in [0.15, 0.2) is 23.3 Å². The molecular weight excluding hydrogens is 267 g/mol. The first-order valence-corrected chi connectivity index (χ1v) is 6.56. The van der Waals surface area contributed by atoms with Crippen molar-refractivity contribution >= 4 is 11.9 Å².